The fourth-order valence-electron chi connectivity index (χ4n) is 1.49. The molecule has 0 amide bonds. The Morgan fingerprint density at radius 2 is 2.69 bits per heavy atom. The van der Waals surface area contributed by atoms with Gasteiger partial charge in [0.1, 0.15) is 0 Å². The van der Waals surface area contributed by atoms with Gasteiger partial charge in [0, 0.05) is 7.92 Å². The zero-order valence-electron chi connectivity index (χ0n) is 8.22. The van der Waals surface area contributed by atoms with Crippen molar-refractivity contribution in [1.29, 1.82) is 0 Å². The van der Waals surface area contributed by atoms with Crippen LogP contribution in [0.5, 0.6) is 0 Å². The summed E-state index contributed by atoms with van der Waals surface area (Å²) in [5, 5.41) is 6.47. The van der Waals surface area contributed by atoms with Crippen LogP contribution in [0.1, 0.15) is 25.9 Å². The summed E-state index contributed by atoms with van der Waals surface area (Å²) in [5.74, 6) is 0.245. The summed E-state index contributed by atoms with van der Waals surface area (Å²) < 4.78 is 25.9. The van der Waals surface area contributed by atoms with Gasteiger partial charge in [0.25, 0.3) is 5.89 Å². The van der Waals surface area contributed by atoms with Gasteiger partial charge in [-0.25, -0.2) is 4.39 Å². The van der Waals surface area contributed by atoms with Crippen molar-refractivity contribution in [3.8, 4) is 0 Å². The molecule has 0 aromatic carbocycles. The van der Waals surface area contributed by atoms with E-state index in [4.69, 9.17) is 5.89 Å². The predicted molar refractivity (Wildman–Crippen MR) is 43.9 cm³/mol. The molecule has 0 saturated carbocycles. The van der Waals surface area contributed by atoms with Gasteiger partial charge in [0.05, 0.1) is 0 Å². The minimum atomic E-state index is -1.54. The van der Waals surface area contributed by atoms with E-state index >= 15 is 0 Å². The second-order valence-corrected chi connectivity index (χ2v) is 3.26. The molecule has 0 spiro atoms. The first-order valence-electron chi connectivity index (χ1n) is 4.97. The molecule has 1 aromatic heterocycles. The van der Waals surface area contributed by atoms with Crippen LogP contribution in [-0.4, -0.2) is 23.2 Å². The summed E-state index contributed by atoms with van der Waals surface area (Å²) in [5.41, 5.74) is -1.54. The maximum atomic E-state index is 14.1. The lowest BCUT2D eigenvalue weighted by molar-refractivity contribution is 0.0785. The predicted octanol–water partition coefficient (Wildman–Crippen LogP) is 0.926. The molecule has 4 nitrogen and oxygen atoms in total. The highest BCUT2D eigenvalue weighted by atomic mass is 19.1. The molecule has 0 bridgehead atoms. The van der Waals surface area contributed by atoms with Crippen LogP contribution in [0.25, 0.3) is 0 Å². The molecule has 2 rings (SSSR count). The maximum absolute atomic E-state index is 14.1. The first-order chi connectivity index (χ1) is 6.74. The van der Waals surface area contributed by atoms with Crippen molar-refractivity contribution in [3.05, 3.63) is 11.7 Å². The van der Waals surface area contributed by atoms with Gasteiger partial charge in [-0.05, 0) is 26.3 Å². The third-order valence-electron chi connectivity index (χ3n) is 2.18. The number of aromatic nitrogens is 2. The van der Waals surface area contributed by atoms with E-state index in [9.17, 15) is 4.39 Å². The van der Waals surface area contributed by atoms with Gasteiger partial charge in [-0.2, -0.15) is 4.98 Å². The summed E-state index contributed by atoms with van der Waals surface area (Å²) in [6, 6.07) is 0. The number of rotatable bonds is 1. The number of hydrogen-bond acceptors (Lipinski definition) is 4. The van der Waals surface area contributed by atoms with Crippen molar-refractivity contribution in [2.75, 3.05) is 13.1 Å². The van der Waals surface area contributed by atoms with Crippen molar-refractivity contribution in [1.82, 2.24) is 15.5 Å². The molecule has 1 N–H and O–H groups in total. The Balaban J connectivity index is 2.19. The Morgan fingerprint density at radius 3 is 3.31 bits per heavy atom. The fourth-order valence-corrected chi connectivity index (χ4v) is 1.49. The van der Waals surface area contributed by atoms with E-state index in [0.717, 1.165) is 13.0 Å². The zero-order valence-corrected chi connectivity index (χ0v) is 7.22. The first kappa shape index (κ1) is 7.44. The van der Waals surface area contributed by atoms with Gasteiger partial charge < -0.3 is 9.84 Å². The van der Waals surface area contributed by atoms with E-state index in [2.05, 4.69) is 15.5 Å². The first-order valence-corrected chi connectivity index (χ1v) is 4.26. The lowest BCUT2D eigenvalue weighted by Gasteiger charge is -2.26. The summed E-state index contributed by atoms with van der Waals surface area (Å²) in [7, 11) is 0. The van der Waals surface area contributed by atoms with E-state index in [1.807, 2.05) is 0 Å². The summed E-state index contributed by atoms with van der Waals surface area (Å²) in [4.78, 5) is 3.84. The lowest BCUT2D eigenvalue weighted by Crippen LogP contribution is -2.40. The number of halogens is 1. The van der Waals surface area contributed by atoms with Gasteiger partial charge >= 0.3 is 0 Å². The standard InChI is InChI=1S/C8H12FN3O/c1-6-11-7(13-12-6)8(9)3-2-4-10-5-8/h10H,2-5H2,1H3/t8-/m0/s1/i1D. The van der Waals surface area contributed by atoms with E-state index < -0.39 is 5.67 Å². The average Bonchev–Trinajstić information content (AvgIpc) is 2.67. The number of aryl methyl sites for hydroxylation is 1. The number of hydrogen-bond donors (Lipinski definition) is 1. The monoisotopic (exact) mass is 186 g/mol. The van der Waals surface area contributed by atoms with Crippen LogP contribution in [0.2, 0.25) is 0 Å². The van der Waals surface area contributed by atoms with Crippen LogP contribution in [0.15, 0.2) is 4.52 Å². The van der Waals surface area contributed by atoms with Gasteiger partial charge in [0.15, 0.2) is 5.82 Å². The molecule has 1 aliphatic heterocycles. The summed E-state index contributed by atoms with van der Waals surface area (Å²) >= 11 is 0. The van der Waals surface area contributed by atoms with E-state index in [1.165, 1.54) is 0 Å². The SMILES string of the molecule is [2H]Cc1noc([C@]2(F)CCCNC2)n1. The topological polar surface area (TPSA) is 51.0 Å². The van der Waals surface area contributed by atoms with Gasteiger partial charge in [0.2, 0.25) is 5.67 Å². The van der Waals surface area contributed by atoms with Crippen LogP contribution in [0.4, 0.5) is 4.39 Å². The van der Waals surface area contributed by atoms with Crippen molar-refractivity contribution >= 4 is 0 Å². The molecule has 5 heteroatoms. The highest BCUT2D eigenvalue weighted by molar-refractivity contribution is 5.01. The summed E-state index contributed by atoms with van der Waals surface area (Å²) in [6.45, 7) is 0.963. The molecule has 1 fully saturated rings. The van der Waals surface area contributed by atoms with Crippen molar-refractivity contribution in [2.24, 2.45) is 0 Å². The average molecular weight is 186 g/mol. The lowest BCUT2D eigenvalue weighted by atomic mass is 9.96. The molecule has 72 valence electrons. The third-order valence-corrected chi connectivity index (χ3v) is 2.18. The van der Waals surface area contributed by atoms with E-state index in [0.29, 0.717) is 6.42 Å². The molecular formula is C8H12FN3O. The largest absolute Gasteiger partial charge is 0.336 e. The van der Waals surface area contributed by atoms with Gasteiger partial charge in [-0.15, -0.1) is 0 Å². The quantitative estimate of drug-likeness (QED) is 0.708. The van der Waals surface area contributed by atoms with E-state index in [1.54, 1.807) is 0 Å². The molecule has 1 atom stereocenters. The molecule has 1 aliphatic rings. The Morgan fingerprint density at radius 1 is 1.77 bits per heavy atom. The normalized spacial score (nSPS) is 30.1. The number of alkyl halides is 1. The molecule has 2 heterocycles. The third kappa shape index (κ3) is 1.56. The highest BCUT2D eigenvalue weighted by Gasteiger charge is 2.39. The van der Waals surface area contributed by atoms with Crippen molar-refractivity contribution in [2.45, 2.75) is 25.4 Å². The second kappa shape index (κ2) is 3.06. The van der Waals surface area contributed by atoms with Crippen LogP contribution in [-0.2, 0) is 5.67 Å². The zero-order chi connectivity index (χ0) is 10.0. The minimum Gasteiger partial charge on any atom is -0.336 e. The Bertz CT molecular complexity index is 311. The van der Waals surface area contributed by atoms with Crippen LogP contribution >= 0.6 is 0 Å². The number of nitrogens with one attached hydrogen (secondary N) is 1. The number of nitrogens with zero attached hydrogens (tertiary/aromatic N) is 2. The Labute approximate surface area is 76.9 Å². The molecule has 0 unspecified atom stereocenters. The molecular weight excluding hydrogens is 173 g/mol. The molecule has 0 aliphatic carbocycles. The second-order valence-electron chi connectivity index (χ2n) is 3.26. The molecule has 13 heavy (non-hydrogen) atoms. The molecule has 1 saturated heterocycles. The maximum Gasteiger partial charge on any atom is 0.265 e. The van der Waals surface area contributed by atoms with Crippen molar-refractivity contribution in [3.63, 3.8) is 0 Å². The highest BCUT2D eigenvalue weighted by Crippen LogP contribution is 2.31. The Kier molecular flexibility index (Phi) is 1.75. The van der Waals surface area contributed by atoms with E-state index in [-0.39, 0.29) is 25.2 Å². The smallest absolute Gasteiger partial charge is 0.265 e. The molecule has 0 radical (unpaired) electrons. The fraction of sp³-hybridized carbons (Fsp3) is 0.750. The van der Waals surface area contributed by atoms with Gasteiger partial charge in [-0.3, -0.25) is 0 Å². The van der Waals surface area contributed by atoms with Crippen LogP contribution < -0.4 is 5.32 Å². The summed E-state index contributed by atoms with van der Waals surface area (Å²) in [6.07, 6.45) is 1.16. The van der Waals surface area contributed by atoms with Gasteiger partial charge in [-0.1, -0.05) is 5.16 Å². The number of piperidine rings is 1. The Hall–Kier alpha value is -0.970. The van der Waals surface area contributed by atoms with Crippen LogP contribution in [0, 0.1) is 6.90 Å². The molecule has 1 aromatic rings. The minimum absolute atomic E-state index is 0.00644. The van der Waals surface area contributed by atoms with Crippen LogP contribution in [0.3, 0.4) is 0 Å². The van der Waals surface area contributed by atoms with Crippen molar-refractivity contribution < 1.29 is 10.3 Å².